The molecule has 3 aromatic heterocycles. The Bertz CT molecular complexity index is 1690. The summed E-state index contributed by atoms with van der Waals surface area (Å²) in [5, 5.41) is 6.67. The summed E-state index contributed by atoms with van der Waals surface area (Å²) in [6.07, 6.45) is 0.272. The summed E-state index contributed by atoms with van der Waals surface area (Å²) in [5.74, 6) is -0.618. The molecule has 1 aliphatic carbocycles. The second-order valence-electron chi connectivity index (χ2n) is 9.21. The molecule has 3 N–H and O–H groups in total. The quantitative estimate of drug-likeness (QED) is 0.235. The van der Waals surface area contributed by atoms with Gasteiger partial charge >= 0.3 is 0 Å². The summed E-state index contributed by atoms with van der Waals surface area (Å²) in [4.78, 5) is 29.3. The van der Waals surface area contributed by atoms with E-state index >= 15 is 0 Å². The molecular formula is C25H27F2N7O3S2. The summed E-state index contributed by atoms with van der Waals surface area (Å²) in [7, 11) is 0.224. The van der Waals surface area contributed by atoms with E-state index in [1.54, 1.807) is 19.2 Å². The molecule has 0 saturated heterocycles. The number of amides is 1. The van der Waals surface area contributed by atoms with Gasteiger partial charge in [-0.05, 0) is 38.0 Å². The number of imidazole rings is 1. The fourth-order valence-electron chi connectivity index (χ4n) is 3.98. The number of anilines is 3. The van der Waals surface area contributed by atoms with Gasteiger partial charge in [0.1, 0.15) is 16.3 Å². The van der Waals surface area contributed by atoms with Crippen molar-refractivity contribution < 1.29 is 22.5 Å². The SMILES string of the molecule is CN=S(C)(=O)c1cc(-c2nc(COC)c(C)s2)ccc1Nc1cc(NC(=O)C2CC2)nc2[nH]c(C(F)F)nc12. The lowest BCUT2D eigenvalue weighted by molar-refractivity contribution is -0.117. The first-order valence-electron chi connectivity index (χ1n) is 12.1. The van der Waals surface area contributed by atoms with Gasteiger partial charge in [-0.1, -0.05) is 0 Å². The molecule has 1 aromatic carbocycles. The second kappa shape index (κ2) is 10.6. The number of ether oxygens (including phenoxy) is 1. The third-order valence-corrected chi connectivity index (χ3v) is 9.22. The highest BCUT2D eigenvalue weighted by Gasteiger charge is 2.30. The molecule has 1 fully saturated rings. The standard InChI is InChI=1S/C25H27F2N7O3S2/c1-12-17(11-37-3)30-25(38-12)14-7-8-15(18(9-14)39(4,36)28-2)29-16-10-19(32-24(35)13-5-6-13)31-22-20(16)33-23(34-22)21(26)27/h7-10,13,21H,5-6,11H2,1-4H3,(H3,29,31,32,33,34,35). The maximum Gasteiger partial charge on any atom is 0.295 e. The van der Waals surface area contributed by atoms with Crippen molar-refractivity contribution in [2.45, 2.75) is 37.7 Å². The van der Waals surface area contributed by atoms with Gasteiger partial charge in [0.05, 0.1) is 38.3 Å². The van der Waals surface area contributed by atoms with E-state index in [2.05, 4.69) is 34.9 Å². The van der Waals surface area contributed by atoms with Crippen LogP contribution in [0, 0.1) is 12.8 Å². The van der Waals surface area contributed by atoms with Crippen molar-refractivity contribution in [2.24, 2.45) is 10.3 Å². The third-order valence-electron chi connectivity index (χ3n) is 6.31. The Hall–Kier alpha value is -3.49. The first-order valence-corrected chi connectivity index (χ1v) is 14.8. The summed E-state index contributed by atoms with van der Waals surface area (Å²) < 4.78 is 49.8. The number of methoxy groups -OCH3 is 1. The van der Waals surface area contributed by atoms with Crippen LogP contribution in [0.5, 0.6) is 0 Å². The Morgan fingerprint density at radius 2 is 2.03 bits per heavy atom. The Labute approximate surface area is 227 Å². The van der Waals surface area contributed by atoms with Crippen molar-refractivity contribution in [1.29, 1.82) is 0 Å². The lowest BCUT2D eigenvalue weighted by atomic mass is 10.2. The van der Waals surface area contributed by atoms with Gasteiger partial charge in [-0.15, -0.1) is 11.3 Å². The fraction of sp³-hybridized carbons (Fsp3) is 0.360. The maximum absolute atomic E-state index is 13.5. The van der Waals surface area contributed by atoms with Gasteiger partial charge in [0.25, 0.3) is 6.43 Å². The van der Waals surface area contributed by atoms with Crippen molar-refractivity contribution in [2.75, 3.05) is 31.0 Å². The number of alkyl halides is 2. The molecule has 1 amide bonds. The molecule has 0 bridgehead atoms. The van der Waals surface area contributed by atoms with Crippen LogP contribution < -0.4 is 10.6 Å². The molecule has 206 valence electrons. The van der Waals surface area contributed by atoms with Crippen molar-refractivity contribution in [3.8, 4) is 10.6 Å². The number of H-pyrrole nitrogens is 1. The Kier molecular flexibility index (Phi) is 7.35. The van der Waals surface area contributed by atoms with Crippen LogP contribution >= 0.6 is 11.3 Å². The number of nitrogens with zero attached hydrogens (tertiary/aromatic N) is 4. The first-order chi connectivity index (χ1) is 18.6. The molecule has 39 heavy (non-hydrogen) atoms. The topological polar surface area (TPSA) is 134 Å². The average molecular weight is 576 g/mol. The zero-order chi connectivity index (χ0) is 27.9. The number of carbonyl (C=O) groups is 1. The fourth-order valence-corrected chi connectivity index (χ4v) is 5.96. The summed E-state index contributed by atoms with van der Waals surface area (Å²) >= 11 is 1.50. The van der Waals surface area contributed by atoms with E-state index in [0.29, 0.717) is 22.9 Å². The number of benzene rings is 1. The highest BCUT2D eigenvalue weighted by Crippen LogP contribution is 2.37. The minimum atomic E-state index is -2.86. The highest BCUT2D eigenvalue weighted by atomic mass is 32.2. The normalized spacial score (nSPS) is 14.9. The van der Waals surface area contributed by atoms with Crippen molar-refractivity contribution in [3.63, 3.8) is 0 Å². The molecule has 5 rings (SSSR count). The molecule has 1 unspecified atom stereocenters. The summed E-state index contributed by atoms with van der Waals surface area (Å²) in [6.45, 7) is 2.34. The van der Waals surface area contributed by atoms with Crippen molar-refractivity contribution >= 4 is 55.3 Å². The molecule has 1 atom stereocenters. The Morgan fingerprint density at radius 1 is 1.26 bits per heavy atom. The number of halogens is 2. The van der Waals surface area contributed by atoms with Crippen LogP contribution in [0.3, 0.4) is 0 Å². The first kappa shape index (κ1) is 27.1. The number of aromatic amines is 1. The zero-order valence-electron chi connectivity index (χ0n) is 21.7. The highest BCUT2D eigenvalue weighted by molar-refractivity contribution is 7.93. The van der Waals surface area contributed by atoms with Gasteiger partial charge in [0.15, 0.2) is 11.5 Å². The van der Waals surface area contributed by atoms with Crippen LogP contribution in [0.4, 0.5) is 26.0 Å². The monoisotopic (exact) mass is 575 g/mol. The van der Waals surface area contributed by atoms with Gasteiger partial charge in [0, 0.05) is 42.8 Å². The van der Waals surface area contributed by atoms with Crippen molar-refractivity contribution in [1.82, 2.24) is 19.9 Å². The molecule has 0 aliphatic heterocycles. The van der Waals surface area contributed by atoms with E-state index < -0.39 is 22.0 Å². The van der Waals surface area contributed by atoms with E-state index in [1.807, 2.05) is 13.0 Å². The molecule has 3 heterocycles. The van der Waals surface area contributed by atoms with Crippen LogP contribution in [0.15, 0.2) is 33.5 Å². The number of carbonyl (C=O) groups excluding carboxylic acids is 1. The number of aryl methyl sites for hydroxylation is 1. The molecule has 4 aromatic rings. The number of pyridine rings is 1. The van der Waals surface area contributed by atoms with Crippen LogP contribution in [0.25, 0.3) is 21.7 Å². The number of rotatable bonds is 9. The van der Waals surface area contributed by atoms with E-state index in [1.165, 1.54) is 30.7 Å². The Morgan fingerprint density at radius 3 is 2.69 bits per heavy atom. The third kappa shape index (κ3) is 5.63. The molecular weight excluding hydrogens is 548 g/mol. The Balaban J connectivity index is 1.60. The minimum absolute atomic E-state index is 0.0775. The van der Waals surface area contributed by atoms with Gasteiger partial charge < -0.3 is 20.4 Å². The number of fused-ring (bicyclic) bond motifs is 1. The maximum atomic E-state index is 13.5. The number of nitrogens with one attached hydrogen (secondary N) is 3. The van der Waals surface area contributed by atoms with E-state index in [9.17, 15) is 17.8 Å². The van der Waals surface area contributed by atoms with Crippen LogP contribution in [0.1, 0.15) is 35.7 Å². The largest absolute Gasteiger partial charge is 0.378 e. The van der Waals surface area contributed by atoms with Gasteiger partial charge in [0.2, 0.25) is 5.91 Å². The smallest absolute Gasteiger partial charge is 0.295 e. The number of aromatic nitrogens is 4. The number of hydrogen-bond donors (Lipinski definition) is 3. The molecule has 1 aliphatic rings. The molecule has 1 saturated carbocycles. The minimum Gasteiger partial charge on any atom is -0.378 e. The average Bonchev–Trinajstić information content (AvgIpc) is 3.56. The molecule has 0 spiro atoms. The number of hydrogen-bond acceptors (Lipinski definition) is 9. The predicted molar refractivity (Wildman–Crippen MR) is 147 cm³/mol. The van der Waals surface area contributed by atoms with E-state index in [0.717, 1.165) is 34.0 Å². The summed E-state index contributed by atoms with van der Waals surface area (Å²) in [6, 6.07) is 6.85. The van der Waals surface area contributed by atoms with Gasteiger partial charge in [-0.25, -0.2) is 32.3 Å². The van der Waals surface area contributed by atoms with Gasteiger partial charge in [-0.2, -0.15) is 0 Å². The second-order valence-corrected chi connectivity index (χ2v) is 12.8. The van der Waals surface area contributed by atoms with E-state index in [4.69, 9.17) is 4.74 Å². The van der Waals surface area contributed by atoms with Crippen LogP contribution in [0.2, 0.25) is 0 Å². The number of thiazole rings is 1. The summed E-state index contributed by atoms with van der Waals surface area (Å²) in [5.41, 5.74) is 2.56. The van der Waals surface area contributed by atoms with Crippen LogP contribution in [-0.2, 0) is 25.9 Å². The van der Waals surface area contributed by atoms with Gasteiger partial charge in [-0.3, -0.25) is 4.79 Å². The molecule has 14 heteroatoms. The zero-order valence-corrected chi connectivity index (χ0v) is 23.3. The lowest BCUT2D eigenvalue weighted by Gasteiger charge is -2.15. The predicted octanol–water partition coefficient (Wildman–Crippen LogP) is 5.65. The van der Waals surface area contributed by atoms with Crippen LogP contribution in [-0.4, -0.2) is 50.5 Å². The molecule has 0 radical (unpaired) electrons. The van der Waals surface area contributed by atoms with Crippen molar-refractivity contribution in [3.05, 3.63) is 40.7 Å². The lowest BCUT2D eigenvalue weighted by Crippen LogP contribution is -2.14. The molecule has 10 nitrogen and oxygen atoms in total. The van der Waals surface area contributed by atoms with E-state index in [-0.39, 0.29) is 28.8 Å².